The Morgan fingerprint density at radius 1 is 1.06 bits per heavy atom. The van der Waals surface area contributed by atoms with Crippen LogP contribution in [0.25, 0.3) is 5.69 Å². The second-order valence-corrected chi connectivity index (χ2v) is 4.32. The van der Waals surface area contributed by atoms with Gasteiger partial charge in [0.15, 0.2) is 0 Å². The Bertz CT molecular complexity index is 455. The Hall–Kier alpha value is -1.35. The van der Waals surface area contributed by atoms with Gasteiger partial charge in [0.2, 0.25) is 6.33 Å². The Balaban J connectivity index is 0.00000108. The van der Waals surface area contributed by atoms with Gasteiger partial charge >= 0.3 is 0 Å². The van der Waals surface area contributed by atoms with Crippen LogP contribution < -0.4 is 17.0 Å². The van der Waals surface area contributed by atoms with Crippen LogP contribution in [0.2, 0.25) is 0 Å². The number of benzene rings is 1. The van der Waals surface area contributed by atoms with Crippen molar-refractivity contribution in [2.24, 2.45) is 0 Å². The Kier molecular flexibility index (Phi) is 3.79. The lowest BCUT2D eigenvalue weighted by molar-refractivity contribution is -0.703. The predicted molar refractivity (Wildman–Crippen MR) is 61.3 cm³/mol. The highest BCUT2D eigenvalue weighted by atomic mass is 35.5. The van der Waals surface area contributed by atoms with E-state index in [9.17, 15) is 0 Å². The van der Waals surface area contributed by atoms with Gasteiger partial charge in [-0.15, -0.1) is 0 Å². The van der Waals surface area contributed by atoms with Gasteiger partial charge in [-0.1, -0.05) is 22.9 Å². The Morgan fingerprint density at radius 2 is 1.88 bits per heavy atom. The van der Waals surface area contributed by atoms with Crippen LogP contribution in [0.3, 0.4) is 0 Å². The third kappa shape index (κ3) is 2.50. The fourth-order valence-corrected chi connectivity index (χ4v) is 2.23. The fraction of sp³-hybridized carbons (Fsp3) is 0.385. The number of para-hydroxylation sites is 1. The zero-order chi connectivity index (χ0) is 10.8. The van der Waals surface area contributed by atoms with Crippen LogP contribution in [0.4, 0.5) is 0 Å². The number of nitrogens with zero attached hydrogens (tertiary/aromatic N) is 3. The highest BCUT2D eigenvalue weighted by molar-refractivity contribution is 5.28. The molecule has 2 heterocycles. The number of aryl methyl sites for hydroxylation is 2. The van der Waals surface area contributed by atoms with E-state index in [1.165, 1.54) is 25.1 Å². The average molecular weight is 250 g/mol. The molecule has 1 aromatic heterocycles. The Labute approximate surface area is 107 Å². The molecule has 0 unspecified atom stereocenters. The summed E-state index contributed by atoms with van der Waals surface area (Å²) in [5.74, 6) is 1.22. The average Bonchev–Trinajstić information content (AvgIpc) is 2.62. The first-order valence-electron chi connectivity index (χ1n) is 5.97. The van der Waals surface area contributed by atoms with E-state index < -0.39 is 0 Å². The highest BCUT2D eigenvalue weighted by Crippen LogP contribution is 2.09. The minimum atomic E-state index is 0. The van der Waals surface area contributed by atoms with Crippen molar-refractivity contribution >= 4 is 0 Å². The van der Waals surface area contributed by atoms with Crippen molar-refractivity contribution in [2.45, 2.75) is 32.2 Å². The molecule has 17 heavy (non-hydrogen) atoms. The van der Waals surface area contributed by atoms with Gasteiger partial charge in [-0.2, -0.15) is 0 Å². The van der Waals surface area contributed by atoms with Crippen molar-refractivity contribution in [1.82, 2.24) is 9.78 Å². The van der Waals surface area contributed by atoms with E-state index in [1.54, 1.807) is 0 Å². The molecule has 1 aliphatic rings. The van der Waals surface area contributed by atoms with Gasteiger partial charge in [-0.3, -0.25) is 0 Å². The van der Waals surface area contributed by atoms with E-state index in [-0.39, 0.29) is 12.4 Å². The summed E-state index contributed by atoms with van der Waals surface area (Å²) in [5.41, 5.74) is 1.14. The van der Waals surface area contributed by atoms with Crippen LogP contribution in [0.15, 0.2) is 36.7 Å². The molecule has 1 aliphatic heterocycles. The maximum atomic E-state index is 4.66. The second-order valence-electron chi connectivity index (χ2n) is 4.32. The Morgan fingerprint density at radius 3 is 2.71 bits per heavy atom. The van der Waals surface area contributed by atoms with Crippen LogP contribution in [0.1, 0.15) is 25.1 Å². The van der Waals surface area contributed by atoms with Gasteiger partial charge in [0.1, 0.15) is 5.69 Å². The molecule has 0 saturated heterocycles. The fourth-order valence-electron chi connectivity index (χ4n) is 2.23. The first-order valence-corrected chi connectivity index (χ1v) is 5.97. The number of aromatic nitrogens is 3. The van der Waals surface area contributed by atoms with E-state index in [0.29, 0.717) is 0 Å². The molecule has 3 nitrogen and oxygen atoms in total. The van der Waals surface area contributed by atoms with Crippen LogP contribution in [0, 0.1) is 0 Å². The molecule has 0 amide bonds. The summed E-state index contributed by atoms with van der Waals surface area (Å²) in [6.07, 6.45) is 7.11. The lowest BCUT2D eigenvalue weighted by Gasteiger charge is -1.92. The summed E-state index contributed by atoms with van der Waals surface area (Å²) >= 11 is 0. The van der Waals surface area contributed by atoms with Gasteiger partial charge in [0.05, 0.1) is 6.54 Å². The molecule has 4 heteroatoms. The summed E-state index contributed by atoms with van der Waals surface area (Å²) in [4.78, 5) is 0. The van der Waals surface area contributed by atoms with E-state index in [1.807, 2.05) is 22.9 Å². The monoisotopic (exact) mass is 249 g/mol. The second kappa shape index (κ2) is 5.32. The third-order valence-electron chi connectivity index (χ3n) is 3.12. The first-order chi connectivity index (χ1) is 7.93. The smallest absolute Gasteiger partial charge is 0.277 e. The van der Waals surface area contributed by atoms with Gasteiger partial charge < -0.3 is 12.4 Å². The summed E-state index contributed by atoms with van der Waals surface area (Å²) in [6.45, 7) is 1.11. The molecule has 1 aromatic carbocycles. The number of rotatable bonds is 1. The molecule has 0 aliphatic carbocycles. The number of hydrogen-bond donors (Lipinski definition) is 0. The van der Waals surface area contributed by atoms with Gasteiger partial charge in [-0.25, -0.2) is 4.57 Å². The molecule has 0 bridgehead atoms. The largest absolute Gasteiger partial charge is 1.00 e. The first kappa shape index (κ1) is 12.1. The van der Waals surface area contributed by atoms with E-state index in [2.05, 4.69) is 28.1 Å². The molecular formula is C13H16ClN3. The standard InChI is InChI=1S/C13H16N3.ClH/c1-3-7-12(8-4-1)16-11-15-10-6-2-5-9-13(15)14-16;/h1,3-4,7-8,11H,2,5-6,9-10H2;1H/q+1;/p-1. The van der Waals surface area contributed by atoms with Crippen molar-refractivity contribution in [3.63, 3.8) is 0 Å². The van der Waals surface area contributed by atoms with Gasteiger partial charge in [-0.05, 0) is 31.4 Å². The summed E-state index contributed by atoms with van der Waals surface area (Å²) in [5, 5.41) is 4.66. The molecule has 2 aromatic rings. The van der Waals surface area contributed by atoms with Gasteiger partial charge in [0.25, 0.3) is 5.82 Å². The number of fused-ring (bicyclic) bond motifs is 1. The predicted octanol–water partition coefficient (Wildman–Crippen LogP) is -1.11. The quantitative estimate of drug-likeness (QED) is 0.588. The molecule has 90 valence electrons. The molecule has 0 saturated carbocycles. The SMILES string of the molecule is [Cl-].c1ccc(-n2c[n+]3c(n2)CCCCC3)cc1. The zero-order valence-electron chi connectivity index (χ0n) is 9.72. The van der Waals surface area contributed by atoms with Crippen LogP contribution in [0.5, 0.6) is 0 Å². The number of halogens is 1. The molecule has 3 rings (SSSR count). The van der Waals surface area contributed by atoms with Crippen LogP contribution in [-0.2, 0) is 13.0 Å². The summed E-state index contributed by atoms with van der Waals surface area (Å²) < 4.78 is 4.28. The lowest BCUT2D eigenvalue weighted by Crippen LogP contribution is -3.00. The van der Waals surface area contributed by atoms with E-state index >= 15 is 0 Å². The maximum absolute atomic E-state index is 4.66. The summed E-state index contributed by atoms with van der Waals surface area (Å²) in [6, 6.07) is 10.3. The minimum Gasteiger partial charge on any atom is -1.00 e. The molecule has 0 fully saturated rings. The van der Waals surface area contributed by atoms with E-state index in [0.717, 1.165) is 18.7 Å². The maximum Gasteiger partial charge on any atom is 0.277 e. The third-order valence-corrected chi connectivity index (χ3v) is 3.12. The molecule has 0 N–H and O–H groups in total. The van der Waals surface area contributed by atoms with E-state index in [4.69, 9.17) is 0 Å². The molecule has 0 radical (unpaired) electrons. The summed E-state index contributed by atoms with van der Waals surface area (Å²) in [7, 11) is 0. The van der Waals surface area contributed by atoms with Crippen molar-refractivity contribution in [2.75, 3.05) is 0 Å². The van der Waals surface area contributed by atoms with Crippen molar-refractivity contribution in [1.29, 1.82) is 0 Å². The van der Waals surface area contributed by atoms with Crippen LogP contribution in [-0.4, -0.2) is 9.78 Å². The van der Waals surface area contributed by atoms with Crippen molar-refractivity contribution < 1.29 is 17.0 Å². The number of hydrogen-bond acceptors (Lipinski definition) is 1. The molecular weight excluding hydrogens is 234 g/mol. The lowest BCUT2D eigenvalue weighted by atomic mass is 10.2. The van der Waals surface area contributed by atoms with Crippen molar-refractivity contribution in [3.05, 3.63) is 42.5 Å². The molecule has 0 atom stereocenters. The van der Waals surface area contributed by atoms with Crippen LogP contribution >= 0.6 is 0 Å². The van der Waals surface area contributed by atoms with Crippen molar-refractivity contribution in [3.8, 4) is 5.69 Å². The normalized spacial score (nSPS) is 14.6. The zero-order valence-corrected chi connectivity index (χ0v) is 10.5. The van der Waals surface area contributed by atoms with Gasteiger partial charge in [0, 0.05) is 11.5 Å². The minimum absolute atomic E-state index is 0. The topological polar surface area (TPSA) is 21.7 Å². The highest BCUT2D eigenvalue weighted by Gasteiger charge is 2.19. The molecule has 0 spiro atoms.